The van der Waals surface area contributed by atoms with E-state index in [2.05, 4.69) is 101 Å². The number of phosphoric acid groups is 1. The van der Waals surface area contributed by atoms with Gasteiger partial charge in [0.1, 0.15) is 11.9 Å². The lowest BCUT2D eigenvalue weighted by atomic mass is 9.73. The van der Waals surface area contributed by atoms with Gasteiger partial charge < -0.3 is 4.52 Å². The Labute approximate surface area is 214 Å². The van der Waals surface area contributed by atoms with E-state index in [1.165, 1.54) is 0 Å². The maximum atomic E-state index is 13.5. The van der Waals surface area contributed by atoms with Crippen LogP contribution in [0.2, 0.25) is 0 Å². The standard InChI is InChI=1S/C30H47O4P/c1-14-20-17-22(28(5,6)7)19-24(30(11,12)13)26(20)34-35(31,32)33-25-16-15-21(27(2,3)4)18-23(25)29(8,9)10/h14-19,26H,1-13H3,(H,31,32). The largest absolute Gasteiger partial charge is 0.528 e. The normalized spacial score (nSPS) is 20.9. The summed E-state index contributed by atoms with van der Waals surface area (Å²) in [5.74, 6) is 0.376. The van der Waals surface area contributed by atoms with Crippen LogP contribution in [0.3, 0.4) is 0 Å². The summed E-state index contributed by atoms with van der Waals surface area (Å²) in [7, 11) is -4.46. The molecule has 1 aliphatic carbocycles. The van der Waals surface area contributed by atoms with Gasteiger partial charge in [-0.05, 0) is 56.9 Å². The summed E-state index contributed by atoms with van der Waals surface area (Å²) in [6.07, 6.45) is 5.47. The van der Waals surface area contributed by atoms with E-state index in [9.17, 15) is 9.46 Å². The van der Waals surface area contributed by atoms with Crippen molar-refractivity contribution >= 4 is 7.82 Å². The fraction of sp³-hybridized carbons (Fsp3) is 0.600. The fourth-order valence-electron chi connectivity index (χ4n) is 4.06. The molecular weight excluding hydrogens is 455 g/mol. The molecular formula is C30H47O4P. The molecule has 1 aromatic rings. The van der Waals surface area contributed by atoms with E-state index in [0.29, 0.717) is 5.75 Å². The first-order chi connectivity index (χ1) is 15.6. The summed E-state index contributed by atoms with van der Waals surface area (Å²) in [4.78, 5) is 11.0. The van der Waals surface area contributed by atoms with Crippen LogP contribution in [0.5, 0.6) is 5.75 Å². The monoisotopic (exact) mass is 502 g/mol. The molecule has 35 heavy (non-hydrogen) atoms. The van der Waals surface area contributed by atoms with Crippen molar-refractivity contribution in [3.8, 4) is 5.75 Å². The van der Waals surface area contributed by atoms with Crippen molar-refractivity contribution in [3.05, 3.63) is 64.3 Å². The topological polar surface area (TPSA) is 55.8 Å². The Kier molecular flexibility index (Phi) is 8.20. The lowest BCUT2D eigenvalue weighted by Gasteiger charge is -2.37. The molecule has 1 aliphatic rings. The zero-order chi connectivity index (χ0) is 27.2. The molecule has 1 aromatic carbocycles. The van der Waals surface area contributed by atoms with E-state index in [4.69, 9.17) is 9.05 Å². The Bertz CT molecular complexity index is 1080. The lowest BCUT2D eigenvalue weighted by Crippen LogP contribution is -2.30. The third kappa shape index (κ3) is 7.44. The van der Waals surface area contributed by atoms with Crippen LogP contribution in [0, 0.1) is 10.8 Å². The summed E-state index contributed by atoms with van der Waals surface area (Å²) in [5.41, 5.74) is 4.33. The van der Waals surface area contributed by atoms with Gasteiger partial charge in [-0.15, -0.1) is 0 Å². The van der Waals surface area contributed by atoms with Crippen LogP contribution in [-0.4, -0.2) is 11.0 Å². The van der Waals surface area contributed by atoms with Crippen molar-refractivity contribution in [1.29, 1.82) is 0 Å². The average Bonchev–Trinajstić information content (AvgIpc) is 2.64. The second-order valence-corrected chi connectivity index (χ2v) is 15.1. The highest BCUT2D eigenvalue weighted by Crippen LogP contribution is 2.52. The molecule has 2 unspecified atom stereocenters. The molecule has 0 saturated heterocycles. The molecule has 0 amide bonds. The molecule has 0 spiro atoms. The van der Waals surface area contributed by atoms with Crippen LogP contribution in [0.25, 0.3) is 0 Å². The van der Waals surface area contributed by atoms with Gasteiger partial charge in [0.25, 0.3) is 0 Å². The van der Waals surface area contributed by atoms with Gasteiger partial charge >= 0.3 is 7.82 Å². The zero-order valence-electron chi connectivity index (χ0n) is 24.2. The number of rotatable bonds is 4. The van der Waals surface area contributed by atoms with E-state index >= 15 is 0 Å². The van der Waals surface area contributed by atoms with E-state index in [1.807, 2.05) is 19.1 Å². The Hall–Kier alpha value is -1.61. The van der Waals surface area contributed by atoms with Crippen molar-refractivity contribution in [2.24, 2.45) is 10.8 Å². The Morgan fingerprint density at radius 1 is 0.829 bits per heavy atom. The van der Waals surface area contributed by atoms with Gasteiger partial charge in [0, 0.05) is 5.56 Å². The molecule has 1 N–H and O–H groups in total. The first kappa shape index (κ1) is 29.6. The van der Waals surface area contributed by atoms with E-state index in [-0.39, 0.29) is 21.7 Å². The smallest absolute Gasteiger partial charge is 0.404 e. The summed E-state index contributed by atoms with van der Waals surface area (Å²) in [5, 5.41) is 0. The quantitative estimate of drug-likeness (QED) is 0.417. The molecule has 0 aromatic heterocycles. The summed E-state index contributed by atoms with van der Waals surface area (Å²) < 4.78 is 25.2. The second kappa shape index (κ2) is 9.69. The summed E-state index contributed by atoms with van der Waals surface area (Å²) >= 11 is 0. The summed E-state index contributed by atoms with van der Waals surface area (Å²) in [6.45, 7) is 27.4. The van der Waals surface area contributed by atoms with Crippen LogP contribution >= 0.6 is 7.82 Å². The third-order valence-electron chi connectivity index (χ3n) is 6.39. The highest BCUT2D eigenvalue weighted by molar-refractivity contribution is 7.47. The molecule has 4 nitrogen and oxygen atoms in total. The minimum atomic E-state index is -4.46. The van der Waals surface area contributed by atoms with Crippen molar-refractivity contribution in [3.63, 3.8) is 0 Å². The molecule has 0 fully saturated rings. The van der Waals surface area contributed by atoms with Gasteiger partial charge in [-0.2, -0.15) is 0 Å². The highest BCUT2D eigenvalue weighted by atomic mass is 31.2. The van der Waals surface area contributed by atoms with Crippen LogP contribution in [0.15, 0.2) is 53.1 Å². The van der Waals surface area contributed by atoms with Gasteiger partial charge in [-0.1, -0.05) is 113 Å². The second-order valence-electron chi connectivity index (χ2n) is 13.7. The molecule has 0 aliphatic heterocycles. The zero-order valence-corrected chi connectivity index (χ0v) is 25.1. The predicted octanol–water partition coefficient (Wildman–Crippen LogP) is 9.05. The molecule has 2 rings (SSSR count). The number of phosphoric ester groups is 1. The maximum Gasteiger partial charge on any atom is 0.528 e. The van der Waals surface area contributed by atoms with Crippen LogP contribution in [0.4, 0.5) is 0 Å². The molecule has 0 radical (unpaired) electrons. The van der Waals surface area contributed by atoms with E-state index in [1.54, 1.807) is 6.07 Å². The first-order valence-corrected chi connectivity index (χ1v) is 14.0. The molecule has 0 saturated carbocycles. The number of hydrogen-bond acceptors (Lipinski definition) is 3. The number of allylic oxidation sites excluding steroid dienone is 3. The van der Waals surface area contributed by atoms with Crippen molar-refractivity contribution in [2.75, 3.05) is 0 Å². The average molecular weight is 503 g/mol. The molecule has 0 bridgehead atoms. The SMILES string of the molecule is CC=C1C=C(C(C)(C)C)C=C(C(C)(C)C)C1OP(=O)(O)Oc1ccc(C(C)(C)C)cc1C(C)(C)C. The lowest BCUT2D eigenvalue weighted by molar-refractivity contribution is 0.166. The van der Waals surface area contributed by atoms with E-state index < -0.39 is 13.9 Å². The van der Waals surface area contributed by atoms with Crippen LogP contribution in [0.1, 0.15) is 101 Å². The van der Waals surface area contributed by atoms with Crippen LogP contribution in [-0.2, 0) is 19.9 Å². The minimum Gasteiger partial charge on any atom is -0.404 e. The minimum absolute atomic E-state index is 0.0512. The van der Waals surface area contributed by atoms with Crippen molar-refractivity contribution in [2.45, 2.75) is 107 Å². The number of benzene rings is 1. The van der Waals surface area contributed by atoms with Crippen molar-refractivity contribution < 1.29 is 18.5 Å². The third-order valence-corrected chi connectivity index (χ3v) is 7.29. The first-order valence-electron chi connectivity index (χ1n) is 12.5. The molecule has 2 atom stereocenters. The van der Waals surface area contributed by atoms with Gasteiger partial charge in [-0.25, -0.2) is 4.57 Å². The summed E-state index contributed by atoms with van der Waals surface area (Å²) in [6, 6.07) is 5.83. The van der Waals surface area contributed by atoms with Crippen LogP contribution < -0.4 is 4.52 Å². The highest BCUT2D eigenvalue weighted by Gasteiger charge is 2.39. The predicted molar refractivity (Wildman–Crippen MR) is 148 cm³/mol. The Balaban J connectivity index is 2.51. The van der Waals surface area contributed by atoms with Gasteiger partial charge in [0.15, 0.2) is 0 Å². The van der Waals surface area contributed by atoms with Gasteiger partial charge in [0.2, 0.25) is 0 Å². The molecule has 0 heterocycles. The van der Waals surface area contributed by atoms with Crippen molar-refractivity contribution in [1.82, 2.24) is 0 Å². The maximum absolute atomic E-state index is 13.5. The van der Waals surface area contributed by atoms with Gasteiger partial charge in [-0.3, -0.25) is 9.42 Å². The molecule has 5 heteroatoms. The fourth-order valence-corrected chi connectivity index (χ4v) is 5.01. The Morgan fingerprint density at radius 3 is 1.83 bits per heavy atom. The number of hydrogen-bond donors (Lipinski definition) is 1. The van der Waals surface area contributed by atoms with E-state index in [0.717, 1.165) is 27.8 Å². The molecule has 196 valence electrons. The van der Waals surface area contributed by atoms with Gasteiger partial charge in [0.05, 0.1) is 0 Å². The Morgan fingerprint density at radius 2 is 1.40 bits per heavy atom.